The topological polar surface area (TPSA) is 20.2 Å². The summed E-state index contributed by atoms with van der Waals surface area (Å²) in [6.07, 6.45) is 3.71. The SMILES string of the molecule is OC1C=CC=C(Cl)C1(Cl)Cl. The summed E-state index contributed by atoms with van der Waals surface area (Å²) in [4.78, 5) is 0. The molecule has 0 aliphatic heterocycles. The zero-order valence-corrected chi connectivity index (χ0v) is 7.16. The van der Waals surface area contributed by atoms with Crippen LogP contribution in [0.5, 0.6) is 0 Å². The monoisotopic (exact) mass is 198 g/mol. The fraction of sp³-hybridized carbons (Fsp3) is 0.333. The molecule has 0 saturated carbocycles. The van der Waals surface area contributed by atoms with Crippen LogP contribution in [-0.2, 0) is 0 Å². The van der Waals surface area contributed by atoms with Crippen molar-refractivity contribution in [3.8, 4) is 0 Å². The van der Waals surface area contributed by atoms with Crippen LogP contribution < -0.4 is 0 Å². The summed E-state index contributed by atoms with van der Waals surface area (Å²) in [6.45, 7) is 0. The predicted octanol–water partition coefficient (Wildman–Crippen LogP) is 2.21. The third-order valence-electron chi connectivity index (χ3n) is 1.23. The van der Waals surface area contributed by atoms with Crippen molar-refractivity contribution < 1.29 is 5.11 Å². The lowest BCUT2D eigenvalue weighted by Crippen LogP contribution is -2.31. The van der Waals surface area contributed by atoms with Crippen molar-refractivity contribution in [3.05, 3.63) is 23.3 Å². The lowest BCUT2D eigenvalue weighted by molar-refractivity contribution is 0.215. The van der Waals surface area contributed by atoms with Crippen molar-refractivity contribution in [1.82, 2.24) is 0 Å². The molecule has 0 saturated heterocycles. The van der Waals surface area contributed by atoms with Crippen LogP contribution in [0.2, 0.25) is 0 Å². The standard InChI is InChI=1S/C6H5Cl3O/c7-4-2-1-3-5(10)6(4,8)9/h1-3,5,10H. The van der Waals surface area contributed by atoms with Crippen LogP contribution in [0.4, 0.5) is 0 Å². The van der Waals surface area contributed by atoms with Crippen molar-refractivity contribution in [2.45, 2.75) is 10.4 Å². The van der Waals surface area contributed by atoms with Crippen LogP contribution >= 0.6 is 34.8 Å². The molecule has 1 atom stereocenters. The summed E-state index contributed by atoms with van der Waals surface area (Å²) >= 11 is 16.9. The maximum absolute atomic E-state index is 9.13. The van der Waals surface area contributed by atoms with Gasteiger partial charge < -0.3 is 5.11 Å². The highest BCUT2D eigenvalue weighted by molar-refractivity contribution is 6.56. The zero-order chi connectivity index (χ0) is 7.78. The molecule has 0 aromatic carbocycles. The Morgan fingerprint density at radius 3 is 2.50 bits per heavy atom. The Balaban J connectivity index is 2.93. The second-order valence-electron chi connectivity index (χ2n) is 1.97. The van der Waals surface area contributed by atoms with Crippen LogP contribution in [0.15, 0.2) is 23.3 Å². The molecule has 0 heterocycles. The van der Waals surface area contributed by atoms with E-state index in [9.17, 15) is 0 Å². The van der Waals surface area contributed by atoms with Gasteiger partial charge in [0, 0.05) is 0 Å². The van der Waals surface area contributed by atoms with Gasteiger partial charge in [-0.25, -0.2) is 0 Å². The van der Waals surface area contributed by atoms with Crippen LogP contribution in [0, 0.1) is 0 Å². The van der Waals surface area contributed by atoms with Gasteiger partial charge in [-0.15, -0.1) is 0 Å². The molecule has 1 nitrogen and oxygen atoms in total. The molecule has 0 amide bonds. The summed E-state index contributed by atoms with van der Waals surface area (Å²) in [7, 11) is 0. The number of hydrogen-bond donors (Lipinski definition) is 1. The molecule has 0 bridgehead atoms. The summed E-state index contributed by atoms with van der Waals surface area (Å²) in [5, 5.41) is 9.37. The largest absolute Gasteiger partial charge is 0.385 e. The van der Waals surface area contributed by atoms with Gasteiger partial charge in [0.1, 0.15) is 6.10 Å². The van der Waals surface area contributed by atoms with Gasteiger partial charge >= 0.3 is 0 Å². The first-order valence-corrected chi connectivity index (χ1v) is 3.79. The van der Waals surface area contributed by atoms with Crippen molar-refractivity contribution >= 4 is 34.8 Å². The van der Waals surface area contributed by atoms with E-state index in [4.69, 9.17) is 39.9 Å². The van der Waals surface area contributed by atoms with E-state index in [1.165, 1.54) is 6.08 Å². The first kappa shape index (κ1) is 8.41. The number of alkyl halides is 2. The number of rotatable bonds is 0. The highest BCUT2D eigenvalue weighted by atomic mass is 35.5. The van der Waals surface area contributed by atoms with Gasteiger partial charge in [-0.1, -0.05) is 47.0 Å². The molecule has 56 valence electrons. The van der Waals surface area contributed by atoms with Crippen LogP contribution in [0.25, 0.3) is 0 Å². The Labute approximate surface area is 73.9 Å². The van der Waals surface area contributed by atoms with Gasteiger partial charge in [0.25, 0.3) is 0 Å². The number of allylic oxidation sites excluding steroid dienone is 2. The molecule has 1 unspecified atom stereocenters. The molecule has 4 heteroatoms. The molecular formula is C6H5Cl3O. The van der Waals surface area contributed by atoms with E-state index < -0.39 is 10.4 Å². The van der Waals surface area contributed by atoms with E-state index in [1.807, 2.05) is 0 Å². The van der Waals surface area contributed by atoms with Gasteiger partial charge in [0.2, 0.25) is 0 Å². The lowest BCUT2D eigenvalue weighted by atomic mass is 10.1. The minimum Gasteiger partial charge on any atom is -0.385 e. The molecule has 0 radical (unpaired) electrons. The Hall–Kier alpha value is 0.310. The lowest BCUT2D eigenvalue weighted by Gasteiger charge is -2.24. The fourth-order valence-electron chi connectivity index (χ4n) is 0.619. The Kier molecular flexibility index (Phi) is 2.31. The summed E-state index contributed by atoms with van der Waals surface area (Å²) < 4.78 is -1.36. The fourth-order valence-corrected chi connectivity index (χ4v) is 1.07. The molecule has 1 N–H and O–H groups in total. The molecule has 1 aliphatic carbocycles. The van der Waals surface area contributed by atoms with E-state index >= 15 is 0 Å². The summed E-state index contributed by atoms with van der Waals surface area (Å²) in [5.41, 5.74) is 0. The zero-order valence-electron chi connectivity index (χ0n) is 4.89. The van der Waals surface area contributed by atoms with Crippen LogP contribution in [-0.4, -0.2) is 15.5 Å². The highest BCUT2D eigenvalue weighted by Gasteiger charge is 2.36. The van der Waals surface area contributed by atoms with Crippen molar-refractivity contribution in [1.29, 1.82) is 0 Å². The normalized spacial score (nSPS) is 30.0. The van der Waals surface area contributed by atoms with E-state index in [2.05, 4.69) is 0 Å². The van der Waals surface area contributed by atoms with E-state index in [0.717, 1.165) is 0 Å². The average Bonchev–Trinajstić information content (AvgIpc) is 1.84. The second-order valence-corrected chi connectivity index (χ2v) is 3.76. The molecule has 0 aromatic rings. The number of aliphatic hydroxyl groups excluding tert-OH is 1. The third-order valence-corrected chi connectivity index (χ3v) is 2.70. The second kappa shape index (κ2) is 2.74. The van der Waals surface area contributed by atoms with E-state index in [0.29, 0.717) is 0 Å². The van der Waals surface area contributed by atoms with Gasteiger partial charge in [0.15, 0.2) is 4.33 Å². The first-order chi connectivity index (χ1) is 4.55. The quantitative estimate of drug-likeness (QED) is 0.593. The van der Waals surface area contributed by atoms with E-state index in [1.54, 1.807) is 12.2 Å². The smallest absolute Gasteiger partial charge is 0.182 e. The predicted molar refractivity (Wildman–Crippen MR) is 43.5 cm³/mol. The number of hydrogen-bond acceptors (Lipinski definition) is 1. The van der Waals surface area contributed by atoms with Crippen molar-refractivity contribution in [3.63, 3.8) is 0 Å². The molecule has 10 heavy (non-hydrogen) atoms. The third kappa shape index (κ3) is 1.32. The maximum atomic E-state index is 9.13. The molecular weight excluding hydrogens is 194 g/mol. The van der Waals surface area contributed by atoms with Gasteiger partial charge in [0.05, 0.1) is 5.03 Å². The maximum Gasteiger partial charge on any atom is 0.182 e. The van der Waals surface area contributed by atoms with Gasteiger partial charge in [-0.05, 0) is 6.08 Å². The Morgan fingerprint density at radius 2 is 2.10 bits per heavy atom. The van der Waals surface area contributed by atoms with Crippen molar-refractivity contribution in [2.24, 2.45) is 0 Å². The summed E-state index contributed by atoms with van der Waals surface area (Å²) in [6, 6.07) is 0. The van der Waals surface area contributed by atoms with Crippen molar-refractivity contribution in [2.75, 3.05) is 0 Å². The molecule has 1 aliphatic rings. The molecule has 0 spiro atoms. The van der Waals surface area contributed by atoms with Crippen LogP contribution in [0.3, 0.4) is 0 Å². The summed E-state index contributed by atoms with van der Waals surface area (Å²) in [5.74, 6) is 0. The van der Waals surface area contributed by atoms with E-state index in [-0.39, 0.29) is 5.03 Å². The number of halogens is 3. The average molecular weight is 199 g/mol. The minimum absolute atomic E-state index is 0.242. The number of aliphatic hydroxyl groups is 1. The Bertz CT molecular complexity index is 195. The van der Waals surface area contributed by atoms with Gasteiger partial charge in [-0.3, -0.25) is 0 Å². The van der Waals surface area contributed by atoms with Crippen LogP contribution in [0.1, 0.15) is 0 Å². The molecule has 0 fully saturated rings. The van der Waals surface area contributed by atoms with Gasteiger partial charge in [-0.2, -0.15) is 0 Å². The first-order valence-electron chi connectivity index (χ1n) is 2.65. The minimum atomic E-state index is -1.36. The Morgan fingerprint density at radius 1 is 1.50 bits per heavy atom. The molecule has 0 aromatic heterocycles. The molecule has 1 rings (SSSR count). The highest BCUT2D eigenvalue weighted by Crippen LogP contribution is 2.38.